The van der Waals surface area contributed by atoms with Crippen LogP contribution >= 0.6 is 0 Å². The van der Waals surface area contributed by atoms with Crippen molar-refractivity contribution in [3.8, 4) is 0 Å². The molecule has 1 aromatic carbocycles. The van der Waals surface area contributed by atoms with Gasteiger partial charge in [-0.3, -0.25) is 24.6 Å². The van der Waals surface area contributed by atoms with Crippen molar-refractivity contribution in [2.45, 2.75) is 13.3 Å². The van der Waals surface area contributed by atoms with Crippen molar-refractivity contribution in [1.82, 2.24) is 14.9 Å². The van der Waals surface area contributed by atoms with Crippen LogP contribution in [-0.4, -0.2) is 47.0 Å². The highest BCUT2D eigenvalue weighted by molar-refractivity contribution is 6.32. The molecule has 0 bridgehead atoms. The van der Waals surface area contributed by atoms with E-state index in [1.165, 1.54) is 12.1 Å². The second-order valence-corrected chi connectivity index (χ2v) is 6.44. The predicted octanol–water partition coefficient (Wildman–Crippen LogP) is 0.673. The van der Waals surface area contributed by atoms with Crippen LogP contribution in [0.5, 0.6) is 0 Å². The third-order valence-corrected chi connectivity index (χ3v) is 4.27. The third-order valence-electron chi connectivity index (χ3n) is 4.27. The number of benzene rings is 1. The highest BCUT2D eigenvalue weighted by Crippen LogP contribution is 2.39. The molecule has 1 N–H and O–H groups in total. The van der Waals surface area contributed by atoms with E-state index in [9.17, 15) is 18.8 Å². The van der Waals surface area contributed by atoms with Gasteiger partial charge in [-0.15, -0.1) is 0 Å². The van der Waals surface area contributed by atoms with Gasteiger partial charge >= 0.3 is 0 Å². The van der Waals surface area contributed by atoms with Crippen LogP contribution in [0.15, 0.2) is 36.7 Å². The Morgan fingerprint density at radius 2 is 1.81 bits per heavy atom. The van der Waals surface area contributed by atoms with Crippen LogP contribution in [-0.2, 0) is 9.59 Å². The number of hydrogen-bond donors (Lipinski definition) is 1. The van der Waals surface area contributed by atoms with Gasteiger partial charge in [-0.1, -0.05) is 36.7 Å². The molecule has 1 saturated carbocycles. The summed E-state index contributed by atoms with van der Waals surface area (Å²) in [6, 6.07) is 6.08. The van der Waals surface area contributed by atoms with Crippen molar-refractivity contribution in [3.05, 3.63) is 48.0 Å². The number of aromatic nitrogens is 2. The maximum absolute atomic E-state index is 12.9. The lowest BCUT2D eigenvalue weighted by molar-refractivity contribution is -0.133. The molecule has 3 rings (SSSR count). The average Bonchev–Trinajstić information content (AvgIpc) is 3.38. The summed E-state index contributed by atoms with van der Waals surface area (Å²) in [5.41, 5.74) is 0.725. The van der Waals surface area contributed by atoms with Crippen LogP contribution in [0.25, 0.3) is 0 Å². The normalized spacial score (nSPS) is 17.9. The van der Waals surface area contributed by atoms with Crippen LogP contribution < -0.4 is 10.8 Å². The molecule has 3 amide bonds. The van der Waals surface area contributed by atoms with Crippen molar-refractivity contribution in [1.29, 1.82) is 0 Å². The zero-order valence-electron chi connectivity index (χ0n) is 14.6. The first-order valence-electron chi connectivity index (χ1n) is 8.34. The first-order valence-corrected chi connectivity index (χ1v) is 8.34. The van der Waals surface area contributed by atoms with Crippen LogP contribution in [0, 0.1) is 17.7 Å². The first kappa shape index (κ1) is 18.7. The number of imide groups is 1. The van der Waals surface area contributed by atoms with Crippen LogP contribution in [0.1, 0.15) is 23.7 Å². The summed E-state index contributed by atoms with van der Waals surface area (Å²) < 4.78 is 12.9. The number of nitrogens with one attached hydrogen (secondary N) is 1. The van der Waals surface area contributed by atoms with E-state index in [2.05, 4.69) is 15.3 Å². The molecule has 1 heterocycles. The van der Waals surface area contributed by atoms with Gasteiger partial charge < -0.3 is 0 Å². The molecule has 0 aliphatic heterocycles. The molecule has 0 unspecified atom stereocenters. The summed E-state index contributed by atoms with van der Waals surface area (Å²) >= 11 is 0. The van der Waals surface area contributed by atoms with E-state index < -0.39 is 30.1 Å². The molecule has 7 nitrogen and oxygen atoms in total. The monoisotopic (exact) mass is 366 g/mol. The SMILES string of the molecule is [B]c1ccc(C(=O)N(CC(=O)Nc2ncc(F)cn2)C(=O)[C@@H]2C[C@@H]2C)cc1. The minimum atomic E-state index is -0.660. The summed E-state index contributed by atoms with van der Waals surface area (Å²) in [5.74, 6) is -2.53. The van der Waals surface area contributed by atoms with Gasteiger partial charge in [-0.05, 0) is 12.3 Å². The molecule has 1 aromatic heterocycles. The fraction of sp³-hybridized carbons (Fsp3) is 0.278. The van der Waals surface area contributed by atoms with E-state index in [4.69, 9.17) is 7.85 Å². The Hall–Kier alpha value is -3.10. The number of halogens is 1. The largest absolute Gasteiger partial charge is 0.293 e. The summed E-state index contributed by atoms with van der Waals surface area (Å²) in [5, 5.41) is 2.35. The maximum Gasteiger partial charge on any atom is 0.260 e. The third kappa shape index (κ3) is 4.55. The molecule has 1 fully saturated rings. The van der Waals surface area contributed by atoms with E-state index >= 15 is 0 Å². The van der Waals surface area contributed by atoms with Crippen molar-refractivity contribution in [3.63, 3.8) is 0 Å². The lowest BCUT2D eigenvalue weighted by atomic mass is 9.95. The van der Waals surface area contributed by atoms with E-state index in [-0.39, 0.29) is 23.3 Å². The lowest BCUT2D eigenvalue weighted by Crippen LogP contribution is -2.43. The van der Waals surface area contributed by atoms with Gasteiger partial charge in [0.25, 0.3) is 5.91 Å². The molecule has 9 heteroatoms. The number of hydrogen-bond acceptors (Lipinski definition) is 5. The highest BCUT2D eigenvalue weighted by Gasteiger charge is 2.43. The topological polar surface area (TPSA) is 92.3 Å². The Labute approximate surface area is 156 Å². The van der Waals surface area contributed by atoms with Crippen molar-refractivity contribution in [2.75, 3.05) is 11.9 Å². The number of carbonyl (C=O) groups excluding carboxylic acids is 3. The van der Waals surface area contributed by atoms with E-state index in [0.29, 0.717) is 11.9 Å². The molecule has 1 aliphatic rings. The molecular weight excluding hydrogens is 350 g/mol. The molecular formula is C18H16BFN4O3. The summed E-state index contributed by atoms with van der Waals surface area (Å²) in [6.07, 6.45) is 2.47. The maximum atomic E-state index is 12.9. The molecule has 2 radical (unpaired) electrons. The van der Waals surface area contributed by atoms with Crippen molar-refractivity contribution >= 4 is 37.0 Å². The van der Waals surface area contributed by atoms with Crippen molar-refractivity contribution < 1.29 is 18.8 Å². The Bertz CT molecular complexity index is 873. The summed E-state index contributed by atoms with van der Waals surface area (Å²) in [4.78, 5) is 45.9. The van der Waals surface area contributed by atoms with Gasteiger partial charge in [-0.2, -0.15) is 0 Å². The second-order valence-electron chi connectivity index (χ2n) is 6.44. The van der Waals surface area contributed by atoms with Gasteiger partial charge in [-0.25, -0.2) is 14.4 Å². The molecule has 0 spiro atoms. The number of nitrogens with zero attached hydrogens (tertiary/aromatic N) is 3. The van der Waals surface area contributed by atoms with E-state index in [1.54, 1.807) is 12.1 Å². The molecule has 1 aliphatic carbocycles. The second kappa shape index (κ2) is 7.65. The van der Waals surface area contributed by atoms with Gasteiger partial charge in [0.2, 0.25) is 17.8 Å². The fourth-order valence-corrected chi connectivity index (χ4v) is 2.58. The molecule has 2 atom stereocenters. The van der Waals surface area contributed by atoms with Gasteiger partial charge in [0, 0.05) is 11.5 Å². The number of carbonyl (C=O) groups is 3. The minimum absolute atomic E-state index is 0.117. The Balaban J connectivity index is 1.76. The van der Waals surface area contributed by atoms with Crippen LogP contribution in [0.2, 0.25) is 0 Å². The quantitative estimate of drug-likeness (QED) is 0.621. The zero-order valence-corrected chi connectivity index (χ0v) is 14.6. The average molecular weight is 366 g/mol. The first-order chi connectivity index (χ1) is 12.8. The van der Waals surface area contributed by atoms with Gasteiger partial charge in [0.15, 0.2) is 5.82 Å². The van der Waals surface area contributed by atoms with Crippen LogP contribution in [0.4, 0.5) is 10.3 Å². The summed E-state index contributed by atoms with van der Waals surface area (Å²) in [6.45, 7) is 1.41. The molecule has 2 aromatic rings. The minimum Gasteiger partial charge on any atom is -0.293 e. The van der Waals surface area contributed by atoms with Crippen molar-refractivity contribution in [2.24, 2.45) is 11.8 Å². The van der Waals surface area contributed by atoms with E-state index in [1.807, 2.05) is 6.92 Å². The van der Waals surface area contributed by atoms with Gasteiger partial charge in [0.05, 0.1) is 12.4 Å². The Morgan fingerprint density at radius 1 is 1.22 bits per heavy atom. The number of amides is 3. The molecule has 136 valence electrons. The molecule has 0 saturated heterocycles. The lowest BCUT2D eigenvalue weighted by Gasteiger charge is -2.20. The van der Waals surface area contributed by atoms with Crippen LogP contribution in [0.3, 0.4) is 0 Å². The number of rotatable bonds is 5. The van der Waals surface area contributed by atoms with Gasteiger partial charge in [0.1, 0.15) is 14.4 Å². The highest BCUT2D eigenvalue weighted by atomic mass is 19.1. The van der Waals surface area contributed by atoms with E-state index in [0.717, 1.165) is 17.3 Å². The fourth-order valence-electron chi connectivity index (χ4n) is 2.58. The molecule has 27 heavy (non-hydrogen) atoms. The standard InChI is InChI=1S/C18H16BFN4O3/c1-10-6-14(10)17(27)24(16(26)11-2-4-12(19)5-3-11)9-15(25)23-18-21-7-13(20)8-22-18/h2-5,7-8,10,14H,6,9H2,1H3,(H,21,22,23,25)/t10-,14+/m0/s1. The predicted molar refractivity (Wildman–Crippen MR) is 95.8 cm³/mol. The Morgan fingerprint density at radius 3 is 2.37 bits per heavy atom. The summed E-state index contributed by atoms with van der Waals surface area (Å²) in [7, 11) is 5.62. The number of anilines is 1. The zero-order chi connectivity index (χ0) is 19.6. The smallest absolute Gasteiger partial charge is 0.260 e. The Kier molecular flexibility index (Phi) is 5.29.